The van der Waals surface area contributed by atoms with Gasteiger partial charge in [-0.3, -0.25) is 0 Å². The fraction of sp³-hybridized carbons (Fsp3) is 0.167. The van der Waals surface area contributed by atoms with Crippen LogP contribution in [0.25, 0.3) is 11.5 Å². The summed E-state index contributed by atoms with van der Waals surface area (Å²) in [6, 6.07) is 11.2. The van der Waals surface area contributed by atoms with Crippen molar-refractivity contribution in [1.29, 1.82) is 0 Å². The minimum Gasteiger partial charge on any atom is -0.449 e. The van der Waals surface area contributed by atoms with Gasteiger partial charge in [0.25, 0.3) is 5.89 Å². The molecule has 2 aromatic carbocycles. The number of ether oxygens (including phenoxy) is 1. The number of sulfone groups is 1. The molecular formula is C18H15FN2O5S. The Morgan fingerprint density at radius 1 is 1.11 bits per heavy atom. The lowest BCUT2D eigenvalue weighted by Gasteiger charge is -2.11. The number of rotatable bonds is 5. The molecule has 1 heterocycles. The number of hydrogen-bond donors (Lipinski definition) is 0. The van der Waals surface area contributed by atoms with Gasteiger partial charge in [0.1, 0.15) is 5.82 Å². The summed E-state index contributed by atoms with van der Waals surface area (Å²) >= 11 is 0. The summed E-state index contributed by atoms with van der Waals surface area (Å²) in [5.41, 5.74) is 0.432. The van der Waals surface area contributed by atoms with Crippen LogP contribution in [0.2, 0.25) is 0 Å². The maximum absolute atomic E-state index is 13.0. The maximum atomic E-state index is 13.0. The third-order valence-electron chi connectivity index (χ3n) is 3.67. The highest BCUT2D eigenvalue weighted by atomic mass is 32.2. The van der Waals surface area contributed by atoms with Crippen LogP contribution in [0, 0.1) is 5.82 Å². The molecule has 0 spiro atoms. The first-order chi connectivity index (χ1) is 12.8. The molecule has 0 saturated carbocycles. The van der Waals surface area contributed by atoms with Gasteiger partial charge in [-0.2, -0.15) is 0 Å². The van der Waals surface area contributed by atoms with Gasteiger partial charge in [-0.15, -0.1) is 10.2 Å². The van der Waals surface area contributed by atoms with Gasteiger partial charge in [0, 0.05) is 11.8 Å². The monoisotopic (exact) mass is 390 g/mol. The molecule has 1 atom stereocenters. The zero-order valence-electron chi connectivity index (χ0n) is 14.4. The zero-order valence-corrected chi connectivity index (χ0v) is 15.2. The molecule has 0 aliphatic rings. The number of carbonyl (C=O) groups is 1. The summed E-state index contributed by atoms with van der Waals surface area (Å²) in [6.45, 7) is 1.52. The smallest absolute Gasteiger partial charge is 0.340 e. The number of hydrogen-bond acceptors (Lipinski definition) is 7. The highest BCUT2D eigenvalue weighted by Gasteiger charge is 2.24. The van der Waals surface area contributed by atoms with Crippen LogP contribution >= 0.6 is 0 Å². The van der Waals surface area contributed by atoms with E-state index in [0.29, 0.717) is 5.56 Å². The predicted octanol–water partition coefficient (Wildman–Crippen LogP) is 3.20. The van der Waals surface area contributed by atoms with Gasteiger partial charge < -0.3 is 9.15 Å². The first kappa shape index (κ1) is 18.7. The second-order valence-electron chi connectivity index (χ2n) is 5.77. The van der Waals surface area contributed by atoms with Crippen molar-refractivity contribution in [3.8, 4) is 11.5 Å². The number of carbonyl (C=O) groups excluding carboxylic acids is 1. The van der Waals surface area contributed by atoms with Crippen molar-refractivity contribution in [3.63, 3.8) is 0 Å². The zero-order chi connectivity index (χ0) is 19.6. The van der Waals surface area contributed by atoms with Gasteiger partial charge >= 0.3 is 5.97 Å². The van der Waals surface area contributed by atoms with E-state index in [9.17, 15) is 17.6 Å². The van der Waals surface area contributed by atoms with Gasteiger partial charge in [-0.05, 0) is 43.3 Å². The molecule has 1 aromatic heterocycles. The number of esters is 1. The van der Waals surface area contributed by atoms with Gasteiger partial charge in [-0.1, -0.05) is 12.1 Å². The average molecular weight is 390 g/mol. The maximum Gasteiger partial charge on any atom is 0.340 e. The molecule has 0 saturated heterocycles. The van der Waals surface area contributed by atoms with Crippen molar-refractivity contribution >= 4 is 15.8 Å². The topological polar surface area (TPSA) is 99.4 Å². The summed E-state index contributed by atoms with van der Waals surface area (Å²) in [6.07, 6.45) is 0.0991. The van der Waals surface area contributed by atoms with E-state index in [-0.39, 0.29) is 22.2 Å². The molecule has 0 amide bonds. The third kappa shape index (κ3) is 4.20. The number of aromatic nitrogens is 2. The van der Waals surface area contributed by atoms with Crippen LogP contribution < -0.4 is 0 Å². The van der Waals surface area contributed by atoms with E-state index < -0.39 is 27.7 Å². The van der Waals surface area contributed by atoms with Crippen molar-refractivity contribution < 1.29 is 26.8 Å². The van der Waals surface area contributed by atoms with Crippen molar-refractivity contribution in [2.24, 2.45) is 0 Å². The van der Waals surface area contributed by atoms with Crippen LogP contribution in [0.1, 0.15) is 29.3 Å². The molecule has 9 heteroatoms. The van der Waals surface area contributed by atoms with Gasteiger partial charge in [0.15, 0.2) is 15.9 Å². The molecule has 0 fully saturated rings. The quantitative estimate of drug-likeness (QED) is 0.617. The lowest BCUT2D eigenvalue weighted by molar-refractivity contribution is 0.0275. The summed E-state index contributed by atoms with van der Waals surface area (Å²) in [5.74, 6) is -1.06. The molecule has 27 heavy (non-hydrogen) atoms. The molecule has 3 rings (SSSR count). The number of halogens is 1. The van der Waals surface area contributed by atoms with Gasteiger partial charge in [0.05, 0.1) is 10.5 Å². The van der Waals surface area contributed by atoms with Crippen molar-refractivity contribution in [3.05, 3.63) is 65.8 Å². The third-order valence-corrected chi connectivity index (χ3v) is 4.82. The molecule has 7 nitrogen and oxygen atoms in total. The van der Waals surface area contributed by atoms with E-state index >= 15 is 0 Å². The second-order valence-corrected chi connectivity index (χ2v) is 7.75. The number of nitrogens with zero attached hydrogens (tertiary/aromatic N) is 2. The molecule has 0 radical (unpaired) electrons. The molecule has 0 unspecified atom stereocenters. The minimum absolute atomic E-state index is 0.0273. The summed E-state index contributed by atoms with van der Waals surface area (Å²) in [7, 11) is -3.60. The fourth-order valence-corrected chi connectivity index (χ4v) is 3.22. The molecule has 0 N–H and O–H groups in total. The van der Waals surface area contributed by atoms with Crippen molar-refractivity contribution in [2.45, 2.75) is 17.9 Å². The number of benzene rings is 2. The lowest BCUT2D eigenvalue weighted by Crippen LogP contribution is -2.13. The lowest BCUT2D eigenvalue weighted by atomic mass is 10.2. The van der Waals surface area contributed by atoms with E-state index in [1.54, 1.807) is 0 Å². The molecule has 3 aromatic rings. The normalized spacial score (nSPS) is 12.6. The van der Waals surface area contributed by atoms with E-state index in [1.807, 2.05) is 0 Å². The molecule has 0 aliphatic heterocycles. The minimum atomic E-state index is -3.60. The fourth-order valence-electron chi connectivity index (χ4n) is 2.34. The molecule has 0 aliphatic carbocycles. The van der Waals surface area contributed by atoms with E-state index in [0.717, 1.165) is 6.26 Å². The Morgan fingerprint density at radius 2 is 1.78 bits per heavy atom. The Balaban J connectivity index is 1.79. The van der Waals surface area contributed by atoms with Gasteiger partial charge in [0.2, 0.25) is 5.89 Å². The Morgan fingerprint density at radius 3 is 2.44 bits per heavy atom. The Labute approximate surface area is 154 Å². The van der Waals surface area contributed by atoms with Gasteiger partial charge in [-0.25, -0.2) is 17.6 Å². The standard InChI is InChI=1S/C18H15FN2O5S/c1-11(16-20-21-17(26-16)12-7-9-13(19)10-8-12)25-18(22)14-5-3-4-6-15(14)27(2,23)24/h3-11H,1-2H3/t11-/m0/s1. The highest BCUT2D eigenvalue weighted by Crippen LogP contribution is 2.24. The summed E-state index contributed by atoms with van der Waals surface area (Å²) < 4.78 is 47.4. The van der Waals surface area contributed by atoms with Crippen LogP contribution in [0.15, 0.2) is 57.8 Å². The summed E-state index contributed by atoms with van der Waals surface area (Å²) in [5, 5.41) is 7.67. The summed E-state index contributed by atoms with van der Waals surface area (Å²) in [4.78, 5) is 12.3. The molecule has 140 valence electrons. The van der Waals surface area contributed by atoms with E-state index in [1.165, 1.54) is 55.5 Å². The Hall–Kier alpha value is -3.07. The van der Waals surface area contributed by atoms with Crippen LogP contribution in [-0.4, -0.2) is 30.8 Å². The molecule has 0 bridgehead atoms. The second kappa shape index (κ2) is 7.28. The van der Waals surface area contributed by atoms with E-state index in [2.05, 4.69) is 10.2 Å². The molecular weight excluding hydrogens is 375 g/mol. The SMILES string of the molecule is C[C@H](OC(=O)c1ccccc1S(C)(=O)=O)c1nnc(-c2ccc(F)cc2)o1. The van der Waals surface area contributed by atoms with E-state index in [4.69, 9.17) is 9.15 Å². The Kier molecular flexibility index (Phi) is 5.04. The van der Waals surface area contributed by atoms with Crippen molar-refractivity contribution in [2.75, 3.05) is 6.26 Å². The Bertz CT molecular complexity index is 1080. The van der Waals surface area contributed by atoms with Crippen molar-refractivity contribution in [1.82, 2.24) is 10.2 Å². The van der Waals surface area contributed by atoms with Crippen LogP contribution in [-0.2, 0) is 14.6 Å². The predicted molar refractivity (Wildman–Crippen MR) is 93.1 cm³/mol. The van der Waals surface area contributed by atoms with Crippen LogP contribution in [0.4, 0.5) is 4.39 Å². The van der Waals surface area contributed by atoms with Crippen LogP contribution in [0.5, 0.6) is 0 Å². The first-order valence-corrected chi connectivity index (χ1v) is 9.74. The van der Waals surface area contributed by atoms with Crippen LogP contribution in [0.3, 0.4) is 0 Å². The first-order valence-electron chi connectivity index (χ1n) is 7.85. The average Bonchev–Trinajstić information content (AvgIpc) is 3.12. The largest absolute Gasteiger partial charge is 0.449 e. The highest BCUT2D eigenvalue weighted by molar-refractivity contribution is 7.90.